The summed E-state index contributed by atoms with van der Waals surface area (Å²) in [6.07, 6.45) is 0.964. The molecule has 1 aliphatic heterocycles. The summed E-state index contributed by atoms with van der Waals surface area (Å²) in [7, 11) is -3.91. The van der Waals surface area contributed by atoms with E-state index in [1.165, 1.54) is 10.4 Å². The molecule has 7 heteroatoms. The molecule has 112 valence electrons. The van der Waals surface area contributed by atoms with E-state index in [1.807, 2.05) is 13.8 Å². The van der Waals surface area contributed by atoms with Gasteiger partial charge in [0.1, 0.15) is 4.90 Å². The summed E-state index contributed by atoms with van der Waals surface area (Å²) in [5, 5.41) is 0.112. The molecule has 0 amide bonds. The van der Waals surface area contributed by atoms with Crippen LogP contribution in [0, 0.1) is 17.7 Å². The summed E-state index contributed by atoms with van der Waals surface area (Å²) in [4.78, 5) is -0.441. The minimum atomic E-state index is -3.91. The lowest BCUT2D eigenvalue weighted by molar-refractivity contribution is 0.222. The standard InChI is InChI=1S/C13H18ClFN2O2S/c1-8-3-9(2)7-17(6-8)20(18,19)12-5-10(14)4-11(16)13(12)15/h4-5,8-9H,3,6-7,16H2,1-2H3. The lowest BCUT2D eigenvalue weighted by atomic mass is 9.94. The van der Waals surface area contributed by atoms with Gasteiger partial charge >= 0.3 is 0 Å². The molecule has 1 aliphatic rings. The van der Waals surface area contributed by atoms with Crippen LogP contribution in [-0.4, -0.2) is 25.8 Å². The number of nitrogen functional groups attached to an aromatic ring is 1. The number of hydrogen-bond acceptors (Lipinski definition) is 3. The third-order valence-corrected chi connectivity index (χ3v) is 5.53. The average Bonchev–Trinajstić information content (AvgIpc) is 2.32. The molecule has 2 rings (SSSR count). The SMILES string of the molecule is CC1CC(C)CN(S(=O)(=O)c2cc(Cl)cc(N)c2F)C1. The van der Waals surface area contributed by atoms with Crippen LogP contribution >= 0.6 is 11.6 Å². The number of benzene rings is 1. The Labute approximate surface area is 123 Å². The molecule has 0 radical (unpaired) electrons. The van der Waals surface area contributed by atoms with Crippen LogP contribution in [0.2, 0.25) is 5.02 Å². The van der Waals surface area contributed by atoms with Crippen LogP contribution in [0.15, 0.2) is 17.0 Å². The first-order valence-corrected chi connectivity index (χ1v) is 8.28. The Kier molecular flexibility index (Phi) is 4.27. The molecule has 0 saturated carbocycles. The normalized spacial score (nSPS) is 24.8. The van der Waals surface area contributed by atoms with Gasteiger partial charge in [0.15, 0.2) is 5.82 Å². The van der Waals surface area contributed by atoms with E-state index in [0.717, 1.165) is 12.5 Å². The van der Waals surface area contributed by atoms with Gasteiger partial charge in [0.05, 0.1) is 5.69 Å². The first-order chi connectivity index (χ1) is 9.21. The number of sulfonamides is 1. The molecule has 2 atom stereocenters. The second-order valence-electron chi connectivity index (χ2n) is 5.58. The Morgan fingerprint density at radius 1 is 1.30 bits per heavy atom. The Bertz CT molecular complexity index is 611. The maximum atomic E-state index is 14.0. The number of hydrogen-bond donors (Lipinski definition) is 1. The first kappa shape index (κ1) is 15.5. The van der Waals surface area contributed by atoms with Crippen molar-refractivity contribution >= 4 is 27.3 Å². The zero-order valence-corrected chi connectivity index (χ0v) is 13.0. The average molecular weight is 321 g/mol. The summed E-state index contributed by atoms with van der Waals surface area (Å²) < 4.78 is 40.5. The van der Waals surface area contributed by atoms with Crippen LogP contribution in [0.4, 0.5) is 10.1 Å². The van der Waals surface area contributed by atoms with Gasteiger partial charge in [-0.1, -0.05) is 25.4 Å². The fourth-order valence-electron chi connectivity index (χ4n) is 2.71. The van der Waals surface area contributed by atoms with E-state index >= 15 is 0 Å². The maximum absolute atomic E-state index is 14.0. The van der Waals surface area contributed by atoms with Gasteiger partial charge in [-0.05, 0) is 30.4 Å². The van der Waals surface area contributed by atoms with Crippen molar-refractivity contribution < 1.29 is 12.8 Å². The fourth-order valence-corrected chi connectivity index (χ4v) is 4.80. The van der Waals surface area contributed by atoms with Crippen molar-refractivity contribution in [1.29, 1.82) is 0 Å². The molecule has 1 aromatic rings. The molecule has 20 heavy (non-hydrogen) atoms. The van der Waals surface area contributed by atoms with Gasteiger partial charge in [-0.2, -0.15) is 4.31 Å². The predicted octanol–water partition coefficient (Wildman–Crippen LogP) is 2.73. The third kappa shape index (κ3) is 2.92. The molecule has 0 aliphatic carbocycles. The number of nitrogens with two attached hydrogens (primary N) is 1. The van der Waals surface area contributed by atoms with Gasteiger partial charge in [0.2, 0.25) is 10.0 Å². The van der Waals surface area contributed by atoms with Gasteiger partial charge in [-0.15, -0.1) is 0 Å². The number of anilines is 1. The van der Waals surface area contributed by atoms with Crippen LogP contribution in [0.5, 0.6) is 0 Å². The van der Waals surface area contributed by atoms with E-state index < -0.39 is 20.7 Å². The second kappa shape index (κ2) is 5.50. The highest BCUT2D eigenvalue weighted by atomic mass is 35.5. The third-order valence-electron chi connectivity index (χ3n) is 3.49. The van der Waals surface area contributed by atoms with E-state index in [-0.39, 0.29) is 22.5 Å². The number of nitrogens with zero attached hydrogens (tertiary/aromatic N) is 1. The van der Waals surface area contributed by atoms with Gasteiger partial charge in [-0.25, -0.2) is 12.8 Å². The number of halogens is 2. The molecule has 1 heterocycles. The molecule has 1 aromatic carbocycles. The predicted molar refractivity (Wildman–Crippen MR) is 77.5 cm³/mol. The highest BCUT2D eigenvalue weighted by molar-refractivity contribution is 7.89. The Morgan fingerprint density at radius 3 is 2.40 bits per heavy atom. The Hall–Kier alpha value is -0.850. The topological polar surface area (TPSA) is 63.4 Å². The van der Waals surface area contributed by atoms with Crippen LogP contribution < -0.4 is 5.73 Å². The molecule has 0 aromatic heterocycles. The summed E-state index contributed by atoms with van der Waals surface area (Å²) in [5.41, 5.74) is 5.20. The van der Waals surface area contributed by atoms with Crippen molar-refractivity contribution in [2.45, 2.75) is 25.2 Å². The largest absolute Gasteiger partial charge is 0.396 e. The van der Waals surface area contributed by atoms with Crippen LogP contribution in [-0.2, 0) is 10.0 Å². The summed E-state index contributed by atoms with van der Waals surface area (Å²) in [6.45, 7) is 4.75. The van der Waals surface area contributed by atoms with Crippen molar-refractivity contribution in [2.24, 2.45) is 11.8 Å². The highest BCUT2D eigenvalue weighted by Crippen LogP contribution is 2.31. The molecule has 4 nitrogen and oxygen atoms in total. The molecular weight excluding hydrogens is 303 g/mol. The Morgan fingerprint density at radius 2 is 1.85 bits per heavy atom. The minimum Gasteiger partial charge on any atom is -0.396 e. The summed E-state index contributed by atoms with van der Waals surface area (Å²) >= 11 is 5.79. The van der Waals surface area contributed by atoms with Crippen LogP contribution in [0.3, 0.4) is 0 Å². The van der Waals surface area contributed by atoms with E-state index in [9.17, 15) is 12.8 Å². The zero-order chi connectivity index (χ0) is 15.1. The van der Waals surface area contributed by atoms with Crippen molar-refractivity contribution in [3.8, 4) is 0 Å². The first-order valence-electron chi connectivity index (χ1n) is 6.46. The van der Waals surface area contributed by atoms with Gasteiger partial charge in [0.25, 0.3) is 0 Å². The van der Waals surface area contributed by atoms with Gasteiger partial charge in [0, 0.05) is 18.1 Å². The molecule has 1 fully saturated rings. The van der Waals surface area contributed by atoms with E-state index in [1.54, 1.807) is 0 Å². The van der Waals surface area contributed by atoms with E-state index in [4.69, 9.17) is 17.3 Å². The lowest BCUT2D eigenvalue weighted by Gasteiger charge is -2.34. The summed E-state index contributed by atoms with van der Waals surface area (Å²) in [6, 6.07) is 2.32. The molecule has 1 saturated heterocycles. The van der Waals surface area contributed by atoms with Crippen molar-refractivity contribution in [1.82, 2.24) is 4.31 Å². The molecule has 2 N–H and O–H groups in total. The van der Waals surface area contributed by atoms with Crippen LogP contribution in [0.1, 0.15) is 20.3 Å². The summed E-state index contributed by atoms with van der Waals surface area (Å²) in [5.74, 6) is -0.443. The van der Waals surface area contributed by atoms with E-state index in [2.05, 4.69) is 0 Å². The van der Waals surface area contributed by atoms with Gasteiger partial charge < -0.3 is 5.73 Å². The smallest absolute Gasteiger partial charge is 0.246 e. The quantitative estimate of drug-likeness (QED) is 0.852. The zero-order valence-electron chi connectivity index (χ0n) is 11.4. The fraction of sp³-hybridized carbons (Fsp3) is 0.538. The highest BCUT2D eigenvalue weighted by Gasteiger charge is 2.34. The van der Waals surface area contributed by atoms with E-state index in [0.29, 0.717) is 13.1 Å². The molecule has 0 spiro atoms. The van der Waals surface area contributed by atoms with Crippen LogP contribution in [0.25, 0.3) is 0 Å². The molecule has 0 bridgehead atoms. The number of rotatable bonds is 2. The lowest BCUT2D eigenvalue weighted by Crippen LogP contribution is -2.42. The molecule has 2 unspecified atom stereocenters. The van der Waals surface area contributed by atoms with Crippen molar-refractivity contribution in [3.05, 3.63) is 23.0 Å². The number of piperidine rings is 1. The second-order valence-corrected chi connectivity index (χ2v) is 7.92. The van der Waals surface area contributed by atoms with Crippen molar-refractivity contribution in [3.63, 3.8) is 0 Å². The Balaban J connectivity index is 2.45. The monoisotopic (exact) mass is 320 g/mol. The molecular formula is C13H18ClFN2O2S. The van der Waals surface area contributed by atoms with Gasteiger partial charge in [-0.3, -0.25) is 0 Å². The maximum Gasteiger partial charge on any atom is 0.246 e. The minimum absolute atomic E-state index is 0.112. The van der Waals surface area contributed by atoms with Crippen molar-refractivity contribution in [2.75, 3.05) is 18.8 Å².